The van der Waals surface area contributed by atoms with Crippen LogP contribution in [0.15, 0.2) is 46.6 Å². The highest BCUT2D eigenvalue weighted by Gasteiger charge is 2.38. The second kappa shape index (κ2) is 8.89. The number of carbonyl (C=O) groups is 1. The fourth-order valence-corrected chi connectivity index (χ4v) is 4.22. The van der Waals surface area contributed by atoms with Gasteiger partial charge in [-0.3, -0.25) is 0 Å². The minimum atomic E-state index is -0.348. The minimum Gasteiger partial charge on any atom is -0.408 e. The van der Waals surface area contributed by atoms with Gasteiger partial charge in [-0.2, -0.15) is 0 Å². The lowest BCUT2D eigenvalue weighted by Gasteiger charge is -2.45. The van der Waals surface area contributed by atoms with Crippen LogP contribution in [-0.4, -0.2) is 54.1 Å². The van der Waals surface area contributed by atoms with E-state index in [1.54, 1.807) is 41.3 Å². The average molecular weight is 424 g/mol. The molecule has 1 spiro atoms. The first kappa shape index (κ1) is 21.0. The highest BCUT2D eigenvalue weighted by atomic mass is 16.6. The van der Waals surface area contributed by atoms with Gasteiger partial charge in [0.1, 0.15) is 17.2 Å². The zero-order chi connectivity index (χ0) is 21.8. The Labute approximate surface area is 182 Å². The van der Waals surface area contributed by atoms with Crippen LogP contribution in [0.5, 0.6) is 5.75 Å². The number of azo groups is 1. The number of pyridine rings is 1. The number of piperidine rings is 2. The van der Waals surface area contributed by atoms with Gasteiger partial charge in [0.05, 0.1) is 0 Å². The monoisotopic (exact) mass is 423 g/mol. The molecule has 3 heterocycles. The Morgan fingerprint density at radius 1 is 0.968 bits per heavy atom. The number of hydrogen-bond donors (Lipinski definition) is 2. The third-order valence-electron chi connectivity index (χ3n) is 6.38. The Bertz CT molecular complexity index is 960. The minimum absolute atomic E-state index is 0.189. The van der Waals surface area contributed by atoms with Crippen molar-refractivity contribution in [1.29, 1.82) is 0 Å². The molecule has 31 heavy (non-hydrogen) atoms. The van der Waals surface area contributed by atoms with Crippen LogP contribution in [0.4, 0.5) is 27.8 Å². The van der Waals surface area contributed by atoms with E-state index < -0.39 is 0 Å². The Morgan fingerprint density at radius 3 is 2.32 bits per heavy atom. The van der Waals surface area contributed by atoms with E-state index in [2.05, 4.69) is 27.2 Å². The quantitative estimate of drug-likeness (QED) is 0.720. The van der Waals surface area contributed by atoms with Crippen molar-refractivity contribution in [3.8, 4) is 5.75 Å². The number of likely N-dealkylation sites (tertiary alicyclic amines) is 2. The molecule has 0 radical (unpaired) electrons. The van der Waals surface area contributed by atoms with E-state index in [4.69, 9.17) is 16.2 Å². The smallest absolute Gasteiger partial charge is 0.408 e. The molecule has 1 aromatic heterocycles. The van der Waals surface area contributed by atoms with Gasteiger partial charge in [-0.25, -0.2) is 9.78 Å². The van der Waals surface area contributed by atoms with Crippen LogP contribution in [0.3, 0.4) is 0 Å². The topological polar surface area (TPSA) is 122 Å². The van der Waals surface area contributed by atoms with E-state index in [1.165, 1.54) is 12.8 Å². The molecule has 9 heteroatoms. The zero-order valence-corrected chi connectivity index (χ0v) is 17.8. The van der Waals surface area contributed by atoms with Gasteiger partial charge in [0, 0.05) is 13.1 Å². The standard InChI is InChI=1S/C22H29N7O2/c1-28-12-8-22(9-13-28)10-14-29(15-11-22)21(30)31-18-5-3-2-4-16(18)26-27-17-6-7-19(23)25-20(17)24/h2-7H,8-15H2,1H3,(H4,23,24,25)/b27-26+. The van der Waals surface area contributed by atoms with Gasteiger partial charge in [-0.05, 0) is 75.5 Å². The number of carbonyl (C=O) groups excluding carboxylic acids is 1. The fraction of sp³-hybridized carbons (Fsp3) is 0.455. The molecular weight excluding hydrogens is 394 g/mol. The van der Waals surface area contributed by atoms with Gasteiger partial charge in [-0.15, -0.1) is 10.2 Å². The molecule has 4 rings (SSSR count). The van der Waals surface area contributed by atoms with E-state index in [0.29, 0.717) is 28.4 Å². The first-order valence-electron chi connectivity index (χ1n) is 10.6. The van der Waals surface area contributed by atoms with Crippen molar-refractivity contribution in [3.05, 3.63) is 36.4 Å². The second-order valence-electron chi connectivity index (χ2n) is 8.47. The van der Waals surface area contributed by atoms with E-state index in [0.717, 1.165) is 39.0 Å². The molecule has 4 N–H and O–H groups in total. The van der Waals surface area contributed by atoms with Gasteiger partial charge in [0.2, 0.25) is 0 Å². The number of amides is 1. The van der Waals surface area contributed by atoms with Crippen molar-refractivity contribution in [2.75, 3.05) is 44.7 Å². The number of hydrogen-bond acceptors (Lipinski definition) is 8. The second-order valence-corrected chi connectivity index (χ2v) is 8.47. The number of ether oxygens (including phenoxy) is 1. The molecule has 0 aliphatic carbocycles. The van der Waals surface area contributed by atoms with Crippen molar-refractivity contribution in [1.82, 2.24) is 14.8 Å². The molecule has 2 aliphatic rings. The van der Waals surface area contributed by atoms with Crippen molar-refractivity contribution in [2.45, 2.75) is 25.7 Å². The first-order chi connectivity index (χ1) is 14.9. The summed E-state index contributed by atoms with van der Waals surface area (Å²) in [5.74, 6) is 0.863. The van der Waals surface area contributed by atoms with Crippen LogP contribution < -0.4 is 16.2 Å². The molecule has 2 aliphatic heterocycles. The molecule has 2 fully saturated rings. The normalized spacial score (nSPS) is 19.1. The predicted molar refractivity (Wildman–Crippen MR) is 120 cm³/mol. The van der Waals surface area contributed by atoms with E-state index in [-0.39, 0.29) is 11.9 Å². The number of nitrogen functional groups attached to an aromatic ring is 2. The van der Waals surface area contributed by atoms with Gasteiger partial charge >= 0.3 is 6.09 Å². The van der Waals surface area contributed by atoms with Crippen molar-refractivity contribution in [2.24, 2.45) is 15.6 Å². The van der Waals surface area contributed by atoms with Crippen LogP contribution >= 0.6 is 0 Å². The van der Waals surface area contributed by atoms with Gasteiger partial charge in [0.25, 0.3) is 0 Å². The summed E-state index contributed by atoms with van der Waals surface area (Å²) in [4.78, 5) is 20.9. The summed E-state index contributed by atoms with van der Waals surface area (Å²) in [5, 5.41) is 8.34. The van der Waals surface area contributed by atoms with Crippen molar-refractivity contribution < 1.29 is 9.53 Å². The lowest BCUT2D eigenvalue weighted by Crippen LogP contribution is -2.48. The van der Waals surface area contributed by atoms with E-state index in [1.807, 2.05) is 0 Å². The lowest BCUT2D eigenvalue weighted by atomic mass is 9.71. The number of anilines is 2. The molecule has 2 aromatic rings. The number of para-hydroxylation sites is 1. The van der Waals surface area contributed by atoms with Crippen LogP contribution in [0.25, 0.3) is 0 Å². The van der Waals surface area contributed by atoms with E-state index in [9.17, 15) is 4.79 Å². The maximum Gasteiger partial charge on any atom is 0.415 e. The highest BCUT2D eigenvalue weighted by Crippen LogP contribution is 2.41. The summed E-state index contributed by atoms with van der Waals surface area (Å²) in [6.07, 6.45) is 4.12. The Kier molecular flexibility index (Phi) is 6.03. The highest BCUT2D eigenvalue weighted by molar-refractivity contribution is 5.73. The van der Waals surface area contributed by atoms with E-state index >= 15 is 0 Å². The third kappa shape index (κ3) is 4.93. The number of nitrogens with two attached hydrogens (primary N) is 2. The van der Waals surface area contributed by atoms with Gasteiger partial charge in [0.15, 0.2) is 11.6 Å². The van der Waals surface area contributed by atoms with Crippen LogP contribution in [0.1, 0.15) is 25.7 Å². The van der Waals surface area contributed by atoms with Crippen LogP contribution in [-0.2, 0) is 0 Å². The molecule has 164 valence electrons. The summed E-state index contributed by atoms with van der Waals surface area (Å²) < 4.78 is 5.67. The lowest BCUT2D eigenvalue weighted by molar-refractivity contribution is 0.0455. The summed E-state index contributed by atoms with van der Waals surface area (Å²) >= 11 is 0. The van der Waals surface area contributed by atoms with Gasteiger partial charge < -0.3 is 26.0 Å². The number of benzene rings is 1. The van der Waals surface area contributed by atoms with Crippen molar-refractivity contribution in [3.63, 3.8) is 0 Å². The molecule has 0 atom stereocenters. The molecule has 0 saturated carbocycles. The van der Waals surface area contributed by atoms with Gasteiger partial charge in [-0.1, -0.05) is 12.1 Å². The molecule has 1 aromatic carbocycles. The number of rotatable bonds is 3. The predicted octanol–water partition coefficient (Wildman–Crippen LogP) is 3.97. The maximum atomic E-state index is 12.8. The number of nitrogens with zero attached hydrogens (tertiary/aromatic N) is 5. The first-order valence-corrected chi connectivity index (χ1v) is 10.6. The Morgan fingerprint density at radius 2 is 1.61 bits per heavy atom. The summed E-state index contributed by atoms with van der Waals surface area (Å²) in [6, 6.07) is 10.3. The third-order valence-corrected chi connectivity index (χ3v) is 6.38. The average Bonchev–Trinajstić information content (AvgIpc) is 2.77. The maximum absolute atomic E-state index is 12.8. The van der Waals surface area contributed by atoms with Crippen molar-refractivity contribution >= 4 is 29.1 Å². The SMILES string of the molecule is CN1CCC2(CC1)CCN(C(=O)Oc1ccccc1/N=N/c1ccc(N)nc1N)CC2. The molecule has 9 nitrogen and oxygen atoms in total. The molecule has 2 saturated heterocycles. The van der Waals surface area contributed by atoms with Crippen LogP contribution in [0, 0.1) is 5.41 Å². The molecular formula is C22H29N7O2. The zero-order valence-electron chi connectivity index (χ0n) is 17.8. The summed E-state index contributed by atoms with van der Waals surface area (Å²) in [5.41, 5.74) is 12.7. The number of aromatic nitrogens is 1. The molecule has 0 unspecified atom stereocenters. The van der Waals surface area contributed by atoms with Crippen LogP contribution in [0.2, 0.25) is 0 Å². The summed E-state index contributed by atoms with van der Waals surface area (Å²) in [6.45, 7) is 3.72. The molecule has 1 amide bonds. The fourth-order valence-electron chi connectivity index (χ4n) is 4.22. The Hall–Kier alpha value is -3.20. The summed E-state index contributed by atoms with van der Waals surface area (Å²) in [7, 11) is 2.17. The molecule has 0 bridgehead atoms. The Balaban J connectivity index is 1.40. The largest absolute Gasteiger partial charge is 0.415 e.